The van der Waals surface area contributed by atoms with Crippen LogP contribution in [0, 0.1) is 0 Å². The second-order valence-corrected chi connectivity index (χ2v) is 12.7. The smallest absolute Gasteiger partial charge is 0.352 e. The van der Waals surface area contributed by atoms with E-state index in [-0.39, 0.29) is 42.4 Å². The van der Waals surface area contributed by atoms with Crippen molar-refractivity contribution in [3.8, 4) is 23.5 Å². The van der Waals surface area contributed by atoms with Gasteiger partial charge in [0, 0.05) is 38.5 Å². The monoisotopic (exact) mass is 698 g/mol. The zero-order valence-corrected chi connectivity index (χ0v) is 27.7. The van der Waals surface area contributed by atoms with Gasteiger partial charge in [-0.1, -0.05) is 58.4 Å². The summed E-state index contributed by atoms with van der Waals surface area (Å²) < 4.78 is 30.3. The van der Waals surface area contributed by atoms with Gasteiger partial charge >= 0.3 is 12.0 Å². The number of aromatic hydroxyl groups is 1. The molecule has 1 unspecified atom stereocenters. The lowest BCUT2D eigenvalue weighted by Gasteiger charge is -2.46. The second kappa shape index (κ2) is 14.7. The fourth-order valence-electron chi connectivity index (χ4n) is 5.71. The number of carbonyl (C=O) groups is 1. The lowest BCUT2D eigenvalue weighted by Crippen LogP contribution is -2.55. The van der Waals surface area contributed by atoms with E-state index in [0.717, 1.165) is 56.5 Å². The van der Waals surface area contributed by atoms with Crippen molar-refractivity contribution in [2.75, 3.05) is 60.3 Å². The Labute approximate surface area is 276 Å². The molecule has 1 aliphatic carbocycles. The lowest BCUT2D eigenvalue weighted by atomic mass is 9.77. The summed E-state index contributed by atoms with van der Waals surface area (Å²) in [6, 6.07) is 11.3. The molecule has 246 valence electrons. The quantitative estimate of drug-likeness (QED) is 0.183. The van der Waals surface area contributed by atoms with E-state index in [0.29, 0.717) is 12.2 Å². The summed E-state index contributed by atoms with van der Waals surface area (Å²) in [5.74, 6) is -1.11. The molecule has 46 heavy (non-hydrogen) atoms. The number of benzene rings is 1. The standard InChI is InChI=1S/C33H39BrN4O8/c1-32(34)26(23-9-5-4-6-10-23)11-7-12-33(32,46-16-8-13-37-14-17-44-18-15-37)22-45-31-35-28(42-2)25(29(36-31)43-3)21-38-20-24(39)19-27(38)30(40)41/h4-7,9-12,19-20,39H,8,13-18,21-22H2,1-3H3,(H,40,41)/t32-,33?/m1/s1. The number of hydrogen-bond donors (Lipinski definition) is 2. The van der Waals surface area contributed by atoms with Crippen molar-refractivity contribution in [3.63, 3.8) is 0 Å². The number of rotatable bonds is 14. The number of alkyl halides is 1. The SMILES string of the molecule is COc1nc(OCC2(OCCCN3CCOCC3)C=CC=C(c3ccccc3)[C@@]2(C)Br)nc(OC)c1Cn1cc(O)cc1C(=O)O. The number of ether oxygens (including phenoxy) is 5. The third-order valence-electron chi connectivity index (χ3n) is 8.24. The average molecular weight is 700 g/mol. The molecule has 1 fully saturated rings. The third-order valence-corrected chi connectivity index (χ3v) is 9.34. The van der Waals surface area contributed by atoms with Crippen LogP contribution < -0.4 is 14.2 Å². The Hall–Kier alpha value is -3.91. The van der Waals surface area contributed by atoms with Crippen LogP contribution in [0.1, 0.15) is 35.0 Å². The molecule has 0 radical (unpaired) electrons. The van der Waals surface area contributed by atoms with E-state index in [2.05, 4.69) is 55.9 Å². The molecule has 2 N–H and O–H groups in total. The number of methoxy groups -OCH3 is 2. The molecule has 1 aromatic carbocycles. The second-order valence-electron chi connectivity index (χ2n) is 11.2. The van der Waals surface area contributed by atoms with Gasteiger partial charge < -0.3 is 38.5 Å². The van der Waals surface area contributed by atoms with Crippen molar-refractivity contribution in [2.24, 2.45) is 0 Å². The summed E-state index contributed by atoms with van der Waals surface area (Å²) in [6.45, 7) is 6.77. The Morgan fingerprint density at radius 1 is 1.11 bits per heavy atom. The van der Waals surface area contributed by atoms with Crippen molar-refractivity contribution in [2.45, 2.75) is 29.8 Å². The highest BCUT2D eigenvalue weighted by Crippen LogP contribution is 2.48. The van der Waals surface area contributed by atoms with Crippen molar-refractivity contribution in [1.82, 2.24) is 19.4 Å². The van der Waals surface area contributed by atoms with Crippen molar-refractivity contribution < 1.29 is 38.7 Å². The van der Waals surface area contributed by atoms with Gasteiger partial charge in [0.25, 0.3) is 0 Å². The summed E-state index contributed by atoms with van der Waals surface area (Å²) >= 11 is 4.03. The van der Waals surface area contributed by atoms with Crippen LogP contribution in [-0.2, 0) is 16.0 Å². The molecule has 13 heteroatoms. The minimum atomic E-state index is -1.20. The van der Waals surface area contributed by atoms with Crippen molar-refractivity contribution >= 4 is 27.5 Å². The summed E-state index contributed by atoms with van der Waals surface area (Å²) in [7, 11) is 2.88. The number of carboxylic acids is 1. The van der Waals surface area contributed by atoms with Crippen LogP contribution in [0.5, 0.6) is 23.5 Å². The summed E-state index contributed by atoms with van der Waals surface area (Å²) in [6.07, 6.45) is 8.17. The Bertz CT molecular complexity index is 1540. The van der Waals surface area contributed by atoms with E-state index in [9.17, 15) is 15.0 Å². The molecule has 2 aromatic heterocycles. The van der Waals surface area contributed by atoms with Crippen LogP contribution in [-0.4, -0.2) is 106 Å². The van der Waals surface area contributed by atoms with Gasteiger partial charge in [-0.3, -0.25) is 4.90 Å². The Morgan fingerprint density at radius 2 is 1.80 bits per heavy atom. The van der Waals surface area contributed by atoms with E-state index < -0.39 is 15.9 Å². The maximum atomic E-state index is 11.7. The van der Waals surface area contributed by atoms with Crippen molar-refractivity contribution in [1.29, 1.82) is 0 Å². The van der Waals surface area contributed by atoms with Gasteiger partial charge in [-0.15, -0.1) is 0 Å². The molecular formula is C33H39BrN4O8. The molecule has 1 saturated heterocycles. The van der Waals surface area contributed by atoms with Crippen LogP contribution in [0.3, 0.4) is 0 Å². The van der Waals surface area contributed by atoms with Gasteiger partial charge in [-0.05, 0) is 30.6 Å². The van der Waals surface area contributed by atoms with E-state index >= 15 is 0 Å². The van der Waals surface area contributed by atoms with E-state index in [4.69, 9.17) is 23.7 Å². The number of morpholine rings is 1. The van der Waals surface area contributed by atoms with Crippen molar-refractivity contribution in [3.05, 3.63) is 77.6 Å². The third kappa shape index (κ3) is 7.22. The number of aromatic carboxylic acids is 1. The number of aromatic nitrogens is 3. The highest BCUT2D eigenvalue weighted by Gasteiger charge is 2.51. The molecule has 0 amide bonds. The summed E-state index contributed by atoms with van der Waals surface area (Å²) in [5, 5.41) is 19.5. The van der Waals surface area contributed by atoms with Crippen LogP contribution in [0.25, 0.3) is 5.57 Å². The molecule has 0 saturated carbocycles. The molecule has 2 atom stereocenters. The van der Waals surface area contributed by atoms with Gasteiger partial charge in [-0.25, -0.2) is 4.79 Å². The molecule has 3 heterocycles. The van der Waals surface area contributed by atoms with E-state index in [1.54, 1.807) is 0 Å². The number of carboxylic acid groups (broad SMARTS) is 1. The first kappa shape index (κ1) is 33.5. The number of allylic oxidation sites excluding steroid dienone is 2. The molecule has 3 aromatic rings. The summed E-state index contributed by atoms with van der Waals surface area (Å²) in [4.78, 5) is 23.1. The Kier molecular flexibility index (Phi) is 10.7. The van der Waals surface area contributed by atoms with Gasteiger partial charge in [-0.2, -0.15) is 9.97 Å². The van der Waals surface area contributed by atoms with Gasteiger partial charge in [0.1, 0.15) is 23.7 Å². The van der Waals surface area contributed by atoms with E-state index in [1.807, 2.05) is 30.4 Å². The first-order valence-corrected chi connectivity index (χ1v) is 15.8. The fourth-order valence-corrected chi connectivity index (χ4v) is 6.43. The Balaban J connectivity index is 1.41. The van der Waals surface area contributed by atoms with Gasteiger partial charge in [0.15, 0.2) is 0 Å². The highest BCUT2D eigenvalue weighted by molar-refractivity contribution is 9.10. The number of nitrogens with zero attached hydrogens (tertiary/aromatic N) is 4. The molecule has 1 aliphatic heterocycles. The number of halogens is 1. The molecule has 2 aliphatic rings. The molecule has 0 bridgehead atoms. The molecule has 12 nitrogen and oxygen atoms in total. The molecule has 0 spiro atoms. The Morgan fingerprint density at radius 3 is 2.46 bits per heavy atom. The zero-order valence-electron chi connectivity index (χ0n) is 26.1. The first-order chi connectivity index (χ1) is 22.2. The van der Waals surface area contributed by atoms with Crippen LogP contribution in [0.4, 0.5) is 0 Å². The normalized spacial score (nSPS) is 21.5. The average Bonchev–Trinajstić information content (AvgIpc) is 3.44. The number of hydrogen-bond acceptors (Lipinski definition) is 10. The highest BCUT2D eigenvalue weighted by atomic mass is 79.9. The first-order valence-electron chi connectivity index (χ1n) is 15.0. The topological polar surface area (TPSA) is 138 Å². The zero-order chi connectivity index (χ0) is 32.7. The van der Waals surface area contributed by atoms with Crippen LogP contribution >= 0.6 is 15.9 Å². The molecule has 5 rings (SSSR count). The minimum absolute atomic E-state index is 0.00457. The fraction of sp³-hybridized carbons (Fsp3) is 0.424. The maximum absolute atomic E-state index is 11.7. The lowest BCUT2D eigenvalue weighted by molar-refractivity contribution is -0.0547. The predicted octanol–water partition coefficient (Wildman–Crippen LogP) is 4.41. The molecular weight excluding hydrogens is 660 g/mol. The van der Waals surface area contributed by atoms with Crippen LogP contribution in [0.2, 0.25) is 0 Å². The van der Waals surface area contributed by atoms with E-state index in [1.165, 1.54) is 25.0 Å². The predicted molar refractivity (Wildman–Crippen MR) is 174 cm³/mol. The largest absolute Gasteiger partial charge is 0.506 e. The maximum Gasteiger partial charge on any atom is 0.352 e. The van der Waals surface area contributed by atoms with Crippen LogP contribution in [0.15, 0.2) is 60.8 Å². The van der Waals surface area contributed by atoms with Gasteiger partial charge in [0.05, 0.1) is 43.9 Å². The minimum Gasteiger partial charge on any atom is -0.506 e. The van der Waals surface area contributed by atoms with Gasteiger partial charge in [0.2, 0.25) is 11.8 Å². The summed E-state index contributed by atoms with van der Waals surface area (Å²) in [5.41, 5.74) is 1.38.